The van der Waals surface area contributed by atoms with Crippen molar-refractivity contribution in [1.82, 2.24) is 14.7 Å². The predicted molar refractivity (Wildman–Crippen MR) is 72.8 cm³/mol. The molecule has 1 heterocycles. The molecule has 0 spiro atoms. The lowest BCUT2D eigenvalue weighted by Gasteiger charge is -2.29. The first kappa shape index (κ1) is 14.6. The van der Waals surface area contributed by atoms with Crippen LogP contribution in [-0.2, 0) is 23.2 Å². The number of carboxylic acids is 1. The Bertz CT molecular complexity index is 498. The Hall–Kier alpha value is -1.85. The largest absolute Gasteiger partial charge is 0.481 e. The van der Waals surface area contributed by atoms with Crippen LogP contribution in [0.15, 0.2) is 12.4 Å². The normalized spacial score (nSPS) is 22.5. The highest BCUT2D eigenvalue weighted by atomic mass is 16.4. The van der Waals surface area contributed by atoms with E-state index in [0.717, 1.165) is 18.4 Å². The molecule has 0 aromatic carbocycles. The van der Waals surface area contributed by atoms with Gasteiger partial charge in [-0.25, -0.2) is 0 Å². The van der Waals surface area contributed by atoms with Gasteiger partial charge in [0.25, 0.3) is 0 Å². The van der Waals surface area contributed by atoms with Gasteiger partial charge in [0.1, 0.15) is 0 Å². The van der Waals surface area contributed by atoms with E-state index in [1.807, 2.05) is 13.2 Å². The minimum Gasteiger partial charge on any atom is -0.481 e. The van der Waals surface area contributed by atoms with Crippen molar-refractivity contribution in [2.75, 3.05) is 7.05 Å². The third-order valence-corrected chi connectivity index (χ3v) is 3.93. The summed E-state index contributed by atoms with van der Waals surface area (Å²) in [5.41, 5.74) is 0.981. The van der Waals surface area contributed by atoms with Crippen LogP contribution in [0, 0.1) is 11.8 Å². The monoisotopic (exact) mass is 279 g/mol. The zero-order chi connectivity index (χ0) is 14.7. The van der Waals surface area contributed by atoms with Crippen molar-refractivity contribution in [1.29, 1.82) is 0 Å². The van der Waals surface area contributed by atoms with Gasteiger partial charge in [-0.15, -0.1) is 0 Å². The van der Waals surface area contributed by atoms with Crippen molar-refractivity contribution in [3.05, 3.63) is 18.0 Å². The Kier molecular flexibility index (Phi) is 4.42. The number of amides is 1. The lowest BCUT2D eigenvalue weighted by Crippen LogP contribution is -2.36. The molecule has 6 nitrogen and oxygen atoms in total. The average Bonchev–Trinajstić information content (AvgIpc) is 2.83. The number of hydrogen-bond acceptors (Lipinski definition) is 3. The van der Waals surface area contributed by atoms with Crippen LogP contribution in [-0.4, -0.2) is 38.7 Å². The molecule has 0 aliphatic heterocycles. The first-order valence-corrected chi connectivity index (χ1v) is 6.92. The first-order chi connectivity index (χ1) is 9.47. The van der Waals surface area contributed by atoms with E-state index in [9.17, 15) is 9.59 Å². The van der Waals surface area contributed by atoms with Crippen LogP contribution in [0.1, 0.15) is 31.2 Å². The second-order valence-corrected chi connectivity index (χ2v) is 5.62. The lowest BCUT2D eigenvalue weighted by molar-refractivity contribution is -0.145. The van der Waals surface area contributed by atoms with E-state index in [1.165, 1.54) is 0 Å². The van der Waals surface area contributed by atoms with Gasteiger partial charge in [0.2, 0.25) is 5.91 Å². The van der Waals surface area contributed by atoms with Crippen LogP contribution in [0.4, 0.5) is 0 Å². The Balaban J connectivity index is 1.94. The number of aromatic nitrogens is 2. The molecule has 0 bridgehead atoms. The van der Waals surface area contributed by atoms with Crippen LogP contribution >= 0.6 is 0 Å². The molecular formula is C14H21N3O3. The maximum absolute atomic E-state index is 12.4. The fourth-order valence-electron chi connectivity index (χ4n) is 2.86. The summed E-state index contributed by atoms with van der Waals surface area (Å²) in [5.74, 6) is -1.27. The fourth-order valence-corrected chi connectivity index (χ4v) is 2.86. The number of carboxylic acid groups (broad SMARTS) is 1. The summed E-state index contributed by atoms with van der Waals surface area (Å²) in [6, 6.07) is 0. The molecule has 1 saturated carbocycles. The third kappa shape index (κ3) is 3.37. The summed E-state index contributed by atoms with van der Waals surface area (Å²) in [6.45, 7) is 0.515. The summed E-state index contributed by atoms with van der Waals surface area (Å²) in [4.78, 5) is 25.1. The van der Waals surface area contributed by atoms with Crippen LogP contribution < -0.4 is 0 Å². The lowest BCUT2D eigenvalue weighted by atomic mass is 9.81. The minimum absolute atomic E-state index is 0.0415. The standard InChI is InChI=1S/C14H21N3O3/c1-16(8-10-7-15-17(2)9-10)13(18)11-4-3-5-12(6-11)14(19)20/h7,9,11-12H,3-6,8H2,1-2H3,(H,19,20)/t11-,12-/m0/s1. The van der Waals surface area contributed by atoms with E-state index in [1.54, 1.807) is 22.8 Å². The van der Waals surface area contributed by atoms with Gasteiger partial charge in [-0.2, -0.15) is 5.10 Å². The molecule has 1 fully saturated rings. The minimum atomic E-state index is -0.780. The SMILES string of the molecule is CN(Cc1cnn(C)c1)C(=O)[C@H]1CCC[C@H](C(=O)O)C1. The fraction of sp³-hybridized carbons (Fsp3) is 0.643. The summed E-state index contributed by atoms with van der Waals surface area (Å²) in [6.07, 6.45) is 6.38. The van der Waals surface area contributed by atoms with E-state index in [2.05, 4.69) is 5.10 Å². The van der Waals surface area contributed by atoms with E-state index >= 15 is 0 Å². The molecule has 1 N–H and O–H groups in total. The van der Waals surface area contributed by atoms with Gasteiger partial charge in [-0.3, -0.25) is 14.3 Å². The maximum atomic E-state index is 12.4. The number of carbonyl (C=O) groups excluding carboxylic acids is 1. The van der Waals surface area contributed by atoms with Crippen LogP contribution in [0.25, 0.3) is 0 Å². The Labute approximate surface area is 118 Å². The smallest absolute Gasteiger partial charge is 0.306 e. The third-order valence-electron chi connectivity index (χ3n) is 3.93. The molecule has 20 heavy (non-hydrogen) atoms. The van der Waals surface area contributed by atoms with E-state index < -0.39 is 5.97 Å². The van der Waals surface area contributed by atoms with Crippen molar-refractivity contribution in [3.63, 3.8) is 0 Å². The molecule has 0 saturated heterocycles. The maximum Gasteiger partial charge on any atom is 0.306 e. The summed E-state index contributed by atoms with van der Waals surface area (Å²) < 4.78 is 1.70. The van der Waals surface area contributed by atoms with Gasteiger partial charge >= 0.3 is 5.97 Å². The summed E-state index contributed by atoms with van der Waals surface area (Å²) in [5, 5.41) is 13.2. The second kappa shape index (κ2) is 6.07. The number of aryl methyl sites for hydroxylation is 1. The van der Waals surface area contributed by atoms with Gasteiger partial charge in [0.15, 0.2) is 0 Å². The van der Waals surface area contributed by atoms with E-state index in [0.29, 0.717) is 19.4 Å². The van der Waals surface area contributed by atoms with Gasteiger partial charge in [-0.1, -0.05) is 6.42 Å². The van der Waals surface area contributed by atoms with E-state index in [4.69, 9.17) is 5.11 Å². The van der Waals surface area contributed by atoms with Crippen LogP contribution in [0.2, 0.25) is 0 Å². The zero-order valence-corrected chi connectivity index (χ0v) is 12.0. The quantitative estimate of drug-likeness (QED) is 0.900. The van der Waals surface area contributed by atoms with Gasteiger partial charge < -0.3 is 10.0 Å². The Morgan fingerprint density at radius 2 is 2.15 bits per heavy atom. The molecule has 0 radical (unpaired) electrons. The molecule has 2 rings (SSSR count). The van der Waals surface area contributed by atoms with Gasteiger partial charge in [0, 0.05) is 38.3 Å². The highest BCUT2D eigenvalue weighted by molar-refractivity contribution is 5.80. The molecule has 1 aliphatic rings. The van der Waals surface area contributed by atoms with Crippen LogP contribution in [0.3, 0.4) is 0 Å². The second-order valence-electron chi connectivity index (χ2n) is 5.62. The predicted octanol–water partition coefficient (Wildman–Crippen LogP) is 1.27. The van der Waals surface area contributed by atoms with Gasteiger partial charge in [0.05, 0.1) is 12.1 Å². The first-order valence-electron chi connectivity index (χ1n) is 6.92. The number of aliphatic carboxylic acids is 1. The number of hydrogen-bond donors (Lipinski definition) is 1. The molecule has 1 amide bonds. The Morgan fingerprint density at radius 1 is 1.45 bits per heavy atom. The van der Waals surface area contributed by atoms with Gasteiger partial charge in [-0.05, 0) is 19.3 Å². The van der Waals surface area contributed by atoms with Crippen molar-refractivity contribution < 1.29 is 14.7 Å². The Morgan fingerprint density at radius 3 is 2.75 bits per heavy atom. The topological polar surface area (TPSA) is 75.4 Å². The molecule has 1 aromatic heterocycles. The highest BCUT2D eigenvalue weighted by Crippen LogP contribution is 2.30. The highest BCUT2D eigenvalue weighted by Gasteiger charge is 2.32. The molecule has 0 unspecified atom stereocenters. The molecule has 2 atom stereocenters. The van der Waals surface area contributed by atoms with Crippen molar-refractivity contribution in [2.24, 2.45) is 18.9 Å². The van der Waals surface area contributed by atoms with E-state index in [-0.39, 0.29) is 17.7 Å². The number of carbonyl (C=O) groups is 2. The average molecular weight is 279 g/mol. The van der Waals surface area contributed by atoms with Crippen molar-refractivity contribution in [2.45, 2.75) is 32.2 Å². The number of nitrogens with zero attached hydrogens (tertiary/aromatic N) is 3. The van der Waals surface area contributed by atoms with Crippen LogP contribution in [0.5, 0.6) is 0 Å². The molecular weight excluding hydrogens is 258 g/mol. The summed E-state index contributed by atoms with van der Waals surface area (Å²) >= 11 is 0. The zero-order valence-electron chi connectivity index (χ0n) is 12.0. The molecule has 6 heteroatoms. The van der Waals surface area contributed by atoms with Crippen molar-refractivity contribution in [3.8, 4) is 0 Å². The molecule has 1 aliphatic carbocycles. The number of rotatable bonds is 4. The van der Waals surface area contributed by atoms with Crippen molar-refractivity contribution >= 4 is 11.9 Å². The summed E-state index contributed by atoms with van der Waals surface area (Å²) in [7, 11) is 3.60. The molecule has 1 aromatic rings. The molecule has 110 valence electrons.